The van der Waals surface area contributed by atoms with Crippen LogP contribution in [0.15, 0.2) is 18.2 Å². The number of carbonyl (C=O) groups excluding carboxylic acids is 1. The number of alkyl halides is 2. The van der Waals surface area contributed by atoms with Crippen LogP contribution in [-0.4, -0.2) is 24.4 Å². The lowest BCUT2D eigenvalue weighted by Crippen LogP contribution is -2.40. The number of nitrogens with one attached hydrogen (secondary N) is 2. The van der Waals surface area contributed by atoms with Crippen LogP contribution < -0.4 is 10.6 Å². The van der Waals surface area contributed by atoms with E-state index in [9.17, 15) is 18.0 Å². The molecule has 1 amide bonds. The minimum absolute atomic E-state index is 0. The number of hydrogen-bond donors (Lipinski definition) is 2. The summed E-state index contributed by atoms with van der Waals surface area (Å²) in [6.45, 7) is -0.379. The van der Waals surface area contributed by atoms with Gasteiger partial charge in [0.1, 0.15) is 5.82 Å². The van der Waals surface area contributed by atoms with Gasteiger partial charge in [-0.15, -0.1) is 12.4 Å². The molecule has 0 spiro atoms. The van der Waals surface area contributed by atoms with Gasteiger partial charge in [-0.05, 0) is 17.7 Å². The zero-order valence-electron chi connectivity index (χ0n) is 10.3. The number of carbonyl (C=O) groups is 1. The van der Waals surface area contributed by atoms with Gasteiger partial charge >= 0.3 is 0 Å². The van der Waals surface area contributed by atoms with Crippen LogP contribution in [0.1, 0.15) is 12.0 Å². The maximum Gasteiger partial charge on any atom is 0.262 e. The van der Waals surface area contributed by atoms with Gasteiger partial charge in [-0.1, -0.05) is 17.7 Å². The molecule has 3 nitrogen and oxygen atoms in total. The third-order valence-electron chi connectivity index (χ3n) is 2.88. The fourth-order valence-electron chi connectivity index (χ4n) is 1.86. The average Bonchev–Trinajstić information content (AvgIpc) is 2.71. The van der Waals surface area contributed by atoms with Crippen molar-refractivity contribution >= 4 is 29.9 Å². The number of halogens is 5. The maximum atomic E-state index is 12.9. The second kappa shape index (κ2) is 6.65. The Bertz CT molecular complexity index is 500. The first-order chi connectivity index (χ1) is 8.87. The summed E-state index contributed by atoms with van der Waals surface area (Å²) < 4.78 is 38.7. The summed E-state index contributed by atoms with van der Waals surface area (Å²) in [6, 6.07) is 3.14. The minimum atomic E-state index is -2.85. The highest BCUT2D eigenvalue weighted by Gasteiger charge is 2.42. The number of amides is 1. The molecule has 8 heteroatoms. The Kier molecular flexibility index (Phi) is 5.68. The summed E-state index contributed by atoms with van der Waals surface area (Å²) in [6.07, 6.45) is -0.511. The first kappa shape index (κ1) is 17.1. The fourth-order valence-corrected chi connectivity index (χ4v) is 2.07. The molecule has 112 valence electrons. The van der Waals surface area contributed by atoms with Crippen molar-refractivity contribution in [1.82, 2.24) is 10.6 Å². The first-order valence-corrected chi connectivity index (χ1v) is 6.08. The molecule has 0 radical (unpaired) electrons. The van der Waals surface area contributed by atoms with Crippen molar-refractivity contribution in [2.24, 2.45) is 0 Å². The summed E-state index contributed by atoms with van der Waals surface area (Å²) in [5.74, 6) is -3.90. The van der Waals surface area contributed by atoms with E-state index < -0.39 is 36.7 Å². The van der Waals surface area contributed by atoms with Gasteiger partial charge in [0.05, 0.1) is 17.6 Å². The largest absolute Gasteiger partial charge is 0.351 e. The molecular formula is C12H13Cl2F3N2O. The smallest absolute Gasteiger partial charge is 0.262 e. The highest BCUT2D eigenvalue weighted by Crippen LogP contribution is 2.25. The Labute approximate surface area is 125 Å². The Hall–Kier alpha value is -0.980. The van der Waals surface area contributed by atoms with Crippen LogP contribution in [-0.2, 0) is 11.3 Å². The monoisotopic (exact) mass is 328 g/mol. The highest BCUT2D eigenvalue weighted by atomic mass is 35.5. The van der Waals surface area contributed by atoms with Crippen molar-refractivity contribution in [3.8, 4) is 0 Å². The lowest BCUT2D eigenvalue weighted by Gasteiger charge is -2.11. The fraction of sp³-hybridized carbons (Fsp3) is 0.417. The van der Waals surface area contributed by atoms with E-state index in [1.165, 1.54) is 18.2 Å². The van der Waals surface area contributed by atoms with Gasteiger partial charge in [-0.3, -0.25) is 10.1 Å². The number of rotatable bonds is 3. The maximum absolute atomic E-state index is 12.9. The van der Waals surface area contributed by atoms with Gasteiger partial charge in [0.2, 0.25) is 5.91 Å². The third-order valence-corrected chi connectivity index (χ3v) is 3.17. The first-order valence-electron chi connectivity index (χ1n) is 5.70. The standard InChI is InChI=1S/C12H12ClF3N2O.ClH/c13-8-3-7(1-2-9(8)14)5-17-11(19)10-4-12(15,16)6-18-10;/h1-3,10,18H,4-6H2,(H,17,19);1H. The third kappa shape index (κ3) is 4.26. The van der Waals surface area contributed by atoms with Crippen molar-refractivity contribution in [2.45, 2.75) is 24.9 Å². The van der Waals surface area contributed by atoms with Gasteiger partial charge in [-0.25, -0.2) is 13.2 Å². The summed E-state index contributed by atoms with van der Waals surface area (Å²) in [4.78, 5) is 11.6. The molecular weight excluding hydrogens is 316 g/mol. The normalized spacial score (nSPS) is 20.3. The highest BCUT2D eigenvalue weighted by molar-refractivity contribution is 6.30. The molecule has 1 saturated heterocycles. The van der Waals surface area contributed by atoms with E-state index in [0.29, 0.717) is 5.56 Å². The predicted molar refractivity (Wildman–Crippen MR) is 71.9 cm³/mol. The van der Waals surface area contributed by atoms with Crippen molar-refractivity contribution in [1.29, 1.82) is 0 Å². The van der Waals surface area contributed by atoms with E-state index in [1.807, 2.05) is 0 Å². The molecule has 1 aromatic carbocycles. The van der Waals surface area contributed by atoms with Crippen molar-refractivity contribution in [3.63, 3.8) is 0 Å². The lowest BCUT2D eigenvalue weighted by molar-refractivity contribution is -0.123. The molecule has 0 saturated carbocycles. The summed E-state index contributed by atoms with van der Waals surface area (Å²) in [5, 5.41) is 4.92. The Morgan fingerprint density at radius 3 is 2.75 bits per heavy atom. The summed E-state index contributed by atoms with van der Waals surface area (Å²) in [5.41, 5.74) is 0.601. The minimum Gasteiger partial charge on any atom is -0.351 e. The Morgan fingerprint density at radius 1 is 1.50 bits per heavy atom. The second-order valence-corrected chi connectivity index (χ2v) is 4.87. The van der Waals surface area contributed by atoms with Crippen LogP contribution in [0.25, 0.3) is 0 Å². The predicted octanol–water partition coefficient (Wildman–Crippen LogP) is 2.51. The molecule has 1 unspecified atom stereocenters. The molecule has 2 N–H and O–H groups in total. The summed E-state index contributed by atoms with van der Waals surface area (Å²) in [7, 11) is 0. The summed E-state index contributed by atoms with van der Waals surface area (Å²) >= 11 is 5.59. The van der Waals surface area contributed by atoms with E-state index in [-0.39, 0.29) is 24.0 Å². The zero-order chi connectivity index (χ0) is 14.0. The van der Waals surface area contributed by atoms with E-state index in [4.69, 9.17) is 11.6 Å². The molecule has 1 atom stereocenters. The molecule has 20 heavy (non-hydrogen) atoms. The van der Waals surface area contributed by atoms with Gasteiger partial charge in [0, 0.05) is 13.0 Å². The molecule has 1 aliphatic heterocycles. The van der Waals surface area contributed by atoms with Crippen LogP contribution in [0.5, 0.6) is 0 Å². The van der Waals surface area contributed by atoms with Gasteiger partial charge in [0.15, 0.2) is 0 Å². The average molecular weight is 329 g/mol. The molecule has 1 aliphatic rings. The SMILES string of the molecule is Cl.O=C(NCc1ccc(F)c(Cl)c1)C1CC(F)(F)CN1. The van der Waals surface area contributed by atoms with E-state index in [0.717, 1.165) is 0 Å². The zero-order valence-corrected chi connectivity index (χ0v) is 11.8. The van der Waals surface area contributed by atoms with Gasteiger partial charge in [-0.2, -0.15) is 0 Å². The molecule has 1 fully saturated rings. The Morgan fingerprint density at radius 2 is 2.20 bits per heavy atom. The van der Waals surface area contributed by atoms with E-state index >= 15 is 0 Å². The van der Waals surface area contributed by atoms with Crippen molar-refractivity contribution < 1.29 is 18.0 Å². The molecule has 2 rings (SSSR count). The topological polar surface area (TPSA) is 41.1 Å². The second-order valence-electron chi connectivity index (χ2n) is 4.46. The van der Waals surface area contributed by atoms with Crippen LogP contribution in [0.2, 0.25) is 5.02 Å². The van der Waals surface area contributed by atoms with E-state index in [1.54, 1.807) is 0 Å². The van der Waals surface area contributed by atoms with E-state index in [2.05, 4.69) is 10.6 Å². The lowest BCUT2D eigenvalue weighted by atomic mass is 10.1. The number of benzene rings is 1. The van der Waals surface area contributed by atoms with Crippen molar-refractivity contribution in [3.05, 3.63) is 34.6 Å². The molecule has 0 bridgehead atoms. The quantitative estimate of drug-likeness (QED) is 0.895. The van der Waals surface area contributed by atoms with Gasteiger partial charge in [0.25, 0.3) is 5.92 Å². The molecule has 0 aromatic heterocycles. The number of hydrogen-bond acceptors (Lipinski definition) is 2. The van der Waals surface area contributed by atoms with Gasteiger partial charge < -0.3 is 5.32 Å². The molecule has 1 aromatic rings. The Balaban J connectivity index is 0.00000200. The van der Waals surface area contributed by atoms with Crippen LogP contribution in [0.4, 0.5) is 13.2 Å². The van der Waals surface area contributed by atoms with Crippen LogP contribution in [0.3, 0.4) is 0 Å². The molecule has 1 heterocycles. The molecule has 0 aliphatic carbocycles. The van der Waals surface area contributed by atoms with Crippen LogP contribution >= 0.6 is 24.0 Å². The van der Waals surface area contributed by atoms with Crippen molar-refractivity contribution in [2.75, 3.05) is 6.54 Å². The van der Waals surface area contributed by atoms with Crippen LogP contribution in [0, 0.1) is 5.82 Å².